The molecule has 0 bridgehead atoms. The molecular formula is C22H30O10. The summed E-state index contributed by atoms with van der Waals surface area (Å²) in [5.74, 6) is -5.81. The molecule has 0 amide bonds. The van der Waals surface area contributed by atoms with Crippen LogP contribution in [0, 0.1) is 28.6 Å². The molecule has 3 fully saturated rings. The topological polar surface area (TPSA) is 171 Å². The van der Waals surface area contributed by atoms with Crippen LogP contribution in [0.25, 0.3) is 0 Å². The van der Waals surface area contributed by atoms with Crippen molar-refractivity contribution in [3.8, 4) is 0 Å². The van der Waals surface area contributed by atoms with Crippen LogP contribution in [0.1, 0.15) is 34.6 Å². The van der Waals surface area contributed by atoms with Gasteiger partial charge in [0.15, 0.2) is 11.9 Å². The fraction of sp³-hybridized carbons (Fsp3) is 0.773. The molecule has 0 spiro atoms. The van der Waals surface area contributed by atoms with Crippen LogP contribution in [0.3, 0.4) is 0 Å². The minimum Gasteiger partial charge on any atom is -0.458 e. The van der Waals surface area contributed by atoms with Crippen molar-refractivity contribution in [1.29, 1.82) is 0 Å². The largest absolute Gasteiger partial charge is 0.458 e. The second kappa shape index (κ2) is 6.83. The molecule has 178 valence electrons. The molecule has 0 aromatic rings. The van der Waals surface area contributed by atoms with Crippen molar-refractivity contribution >= 4 is 17.7 Å². The van der Waals surface area contributed by atoms with Crippen molar-refractivity contribution in [2.24, 2.45) is 28.6 Å². The van der Waals surface area contributed by atoms with E-state index in [9.17, 15) is 39.9 Å². The number of fused-ring (bicyclic) bond motifs is 2. The van der Waals surface area contributed by atoms with E-state index in [1.807, 2.05) is 0 Å². The van der Waals surface area contributed by atoms with Crippen LogP contribution in [0.5, 0.6) is 0 Å². The second-order valence-electron chi connectivity index (χ2n) is 10.2. The summed E-state index contributed by atoms with van der Waals surface area (Å²) in [5, 5.41) is 55.9. The van der Waals surface area contributed by atoms with Crippen LogP contribution in [-0.4, -0.2) is 85.5 Å². The number of rotatable bonds is 1. The van der Waals surface area contributed by atoms with Crippen molar-refractivity contribution in [2.45, 2.75) is 76.8 Å². The van der Waals surface area contributed by atoms with Gasteiger partial charge in [-0.15, -0.1) is 0 Å². The first-order chi connectivity index (χ1) is 14.7. The number of aliphatic hydroxyl groups excluding tert-OH is 4. The Balaban J connectivity index is 2.08. The molecule has 10 heteroatoms. The summed E-state index contributed by atoms with van der Waals surface area (Å²) >= 11 is 0. The molecule has 0 radical (unpaired) electrons. The maximum Gasteiger partial charge on any atom is 0.338 e. The molecular weight excluding hydrogens is 424 g/mol. The minimum absolute atomic E-state index is 0.433. The van der Waals surface area contributed by atoms with Crippen molar-refractivity contribution in [3.63, 3.8) is 0 Å². The predicted octanol–water partition coefficient (Wildman–Crippen LogP) is -1.54. The number of esters is 2. The average Bonchev–Trinajstić information content (AvgIpc) is 2.69. The summed E-state index contributed by atoms with van der Waals surface area (Å²) in [5.41, 5.74) is -5.13. The Kier molecular flexibility index (Phi) is 4.98. The van der Waals surface area contributed by atoms with Crippen molar-refractivity contribution in [1.82, 2.24) is 0 Å². The average molecular weight is 454 g/mol. The van der Waals surface area contributed by atoms with Crippen molar-refractivity contribution in [2.75, 3.05) is 0 Å². The lowest BCUT2D eigenvalue weighted by Gasteiger charge is -2.72. The number of hydrogen-bond donors (Lipinski definition) is 5. The Labute approximate surface area is 184 Å². The van der Waals surface area contributed by atoms with Crippen molar-refractivity contribution in [3.05, 3.63) is 11.6 Å². The zero-order chi connectivity index (χ0) is 24.1. The van der Waals surface area contributed by atoms with Crippen LogP contribution in [0.15, 0.2) is 11.6 Å². The monoisotopic (exact) mass is 454 g/mol. The summed E-state index contributed by atoms with van der Waals surface area (Å²) < 4.78 is 11.1. The van der Waals surface area contributed by atoms with Crippen LogP contribution < -0.4 is 0 Å². The number of carbonyl (C=O) groups is 3. The lowest BCUT2D eigenvalue weighted by Crippen LogP contribution is -2.86. The molecule has 3 aliphatic carbocycles. The fourth-order valence-electron chi connectivity index (χ4n) is 7.54. The quantitative estimate of drug-likeness (QED) is 0.292. The zero-order valence-corrected chi connectivity index (χ0v) is 18.6. The van der Waals surface area contributed by atoms with Gasteiger partial charge < -0.3 is 35.0 Å². The molecule has 0 aromatic carbocycles. The van der Waals surface area contributed by atoms with Crippen LogP contribution in [0.2, 0.25) is 0 Å². The van der Waals surface area contributed by atoms with Gasteiger partial charge >= 0.3 is 11.9 Å². The van der Waals surface area contributed by atoms with Gasteiger partial charge in [0.1, 0.15) is 23.9 Å². The van der Waals surface area contributed by atoms with E-state index in [1.165, 1.54) is 26.8 Å². The lowest BCUT2D eigenvalue weighted by molar-refractivity contribution is -0.372. The minimum atomic E-state index is -2.32. The first-order valence-corrected chi connectivity index (χ1v) is 10.7. The van der Waals surface area contributed by atoms with Crippen molar-refractivity contribution < 1.29 is 49.4 Å². The number of aliphatic hydroxyl groups is 5. The highest BCUT2D eigenvalue weighted by Crippen LogP contribution is 2.69. The number of ether oxygens (including phenoxy) is 2. The zero-order valence-electron chi connectivity index (χ0n) is 18.6. The molecule has 1 aliphatic heterocycles. The summed E-state index contributed by atoms with van der Waals surface area (Å²) in [6.45, 7) is 7.13. The summed E-state index contributed by atoms with van der Waals surface area (Å²) in [7, 11) is 0. The Morgan fingerprint density at radius 1 is 1.09 bits per heavy atom. The maximum atomic E-state index is 12.7. The van der Waals surface area contributed by atoms with Gasteiger partial charge in [0, 0.05) is 35.5 Å². The highest BCUT2D eigenvalue weighted by molar-refractivity contribution is 5.96. The molecule has 10 nitrogen and oxygen atoms in total. The smallest absolute Gasteiger partial charge is 0.338 e. The summed E-state index contributed by atoms with van der Waals surface area (Å²) in [6, 6.07) is 0. The molecule has 5 N–H and O–H groups in total. The van der Waals surface area contributed by atoms with Gasteiger partial charge in [0.2, 0.25) is 0 Å². The third-order valence-corrected chi connectivity index (χ3v) is 8.87. The fourth-order valence-corrected chi connectivity index (χ4v) is 7.54. The van der Waals surface area contributed by atoms with Gasteiger partial charge in [-0.25, -0.2) is 4.79 Å². The third kappa shape index (κ3) is 2.39. The number of carbonyl (C=O) groups excluding carboxylic acids is 3. The Morgan fingerprint density at radius 2 is 1.69 bits per heavy atom. The highest BCUT2D eigenvalue weighted by atomic mass is 16.6. The van der Waals surface area contributed by atoms with Crippen LogP contribution >= 0.6 is 0 Å². The molecule has 1 heterocycles. The van der Waals surface area contributed by atoms with Gasteiger partial charge in [0.25, 0.3) is 0 Å². The van der Waals surface area contributed by atoms with E-state index in [-0.39, 0.29) is 0 Å². The third-order valence-electron chi connectivity index (χ3n) is 8.87. The van der Waals surface area contributed by atoms with Gasteiger partial charge in [-0.05, 0) is 13.0 Å². The van der Waals surface area contributed by atoms with E-state index in [1.54, 1.807) is 6.92 Å². The van der Waals surface area contributed by atoms with Gasteiger partial charge in [-0.2, -0.15) is 0 Å². The molecule has 4 rings (SSSR count). The molecule has 4 aliphatic rings. The van der Waals surface area contributed by atoms with Crippen LogP contribution in [0.4, 0.5) is 0 Å². The Bertz CT molecular complexity index is 914. The predicted molar refractivity (Wildman–Crippen MR) is 106 cm³/mol. The van der Waals surface area contributed by atoms with E-state index in [0.29, 0.717) is 5.57 Å². The van der Waals surface area contributed by atoms with Gasteiger partial charge in [-0.1, -0.05) is 26.3 Å². The molecule has 2 saturated carbocycles. The second-order valence-corrected chi connectivity index (χ2v) is 10.2. The van der Waals surface area contributed by atoms with E-state index >= 15 is 0 Å². The lowest BCUT2D eigenvalue weighted by atomic mass is 9.36. The highest BCUT2D eigenvalue weighted by Gasteiger charge is 2.82. The first kappa shape index (κ1) is 23.3. The normalized spacial score (nSPS) is 54.7. The molecule has 1 saturated heterocycles. The Morgan fingerprint density at radius 3 is 2.25 bits per heavy atom. The molecule has 12 atom stereocenters. The first-order valence-electron chi connectivity index (χ1n) is 10.7. The number of ketones is 1. The number of hydrogen-bond acceptors (Lipinski definition) is 10. The van der Waals surface area contributed by atoms with Gasteiger partial charge in [0.05, 0.1) is 12.2 Å². The van der Waals surface area contributed by atoms with Crippen LogP contribution in [-0.2, 0) is 23.9 Å². The maximum absolute atomic E-state index is 12.7. The van der Waals surface area contributed by atoms with E-state index < -0.39 is 88.5 Å². The SMILES string of the molecule is CC(=O)O[C@@H]1[C@H]2C(C)=CC(=O)[C@@H](O)[C@]2(C)[C@@H]2[C@@H](O)[C@H](O)[C@H](C)[C@]3(O)[C@@H](O)C(=O)O[C@H]1[C@]23C. The molecule has 0 aromatic heterocycles. The molecule has 0 unspecified atom stereocenters. The standard InChI is InChI=1S/C22H30O10/c1-7-6-10(24)16(27)20(4)11(7)14(31-9(3)23)18-21(5)15(20)13(26)12(25)8(2)22(21,30)17(28)19(29)32-18/h6,8,11-18,25-28,30H,1-5H3/t8-,11+,12+,13-,14+,15-,16+,17-,18+,20-,21-,22-/m0/s1. The Hall–Kier alpha value is -1.85. The van der Waals surface area contributed by atoms with E-state index in [4.69, 9.17) is 9.47 Å². The molecule has 32 heavy (non-hydrogen) atoms. The summed E-state index contributed by atoms with van der Waals surface area (Å²) in [4.78, 5) is 37.4. The van der Waals surface area contributed by atoms with E-state index in [2.05, 4.69) is 0 Å². The summed E-state index contributed by atoms with van der Waals surface area (Å²) in [6.07, 6.45) is -8.23. The van der Waals surface area contributed by atoms with E-state index in [0.717, 1.165) is 6.92 Å². The van der Waals surface area contributed by atoms with Gasteiger partial charge in [-0.3, -0.25) is 9.59 Å².